The summed E-state index contributed by atoms with van der Waals surface area (Å²) in [6, 6.07) is 14.6. The second-order valence-corrected chi connectivity index (χ2v) is 8.39. The summed E-state index contributed by atoms with van der Waals surface area (Å²) >= 11 is 6.68. The predicted octanol–water partition coefficient (Wildman–Crippen LogP) is 5.30. The SMILES string of the molecule is CC[C@@H](C)OC(=O)CN1C(=O)S/C(=C/c2ccc(OCc3ccc(Cl)cc3)cc2)C1=O. The van der Waals surface area contributed by atoms with Crippen molar-refractivity contribution in [2.45, 2.75) is 33.0 Å². The molecule has 1 fully saturated rings. The summed E-state index contributed by atoms with van der Waals surface area (Å²) in [5.74, 6) is -0.424. The molecule has 0 N–H and O–H groups in total. The minimum absolute atomic E-state index is 0.260. The van der Waals surface area contributed by atoms with Gasteiger partial charge in [-0.25, -0.2) is 0 Å². The average molecular weight is 460 g/mol. The van der Waals surface area contributed by atoms with Gasteiger partial charge in [-0.05, 0) is 66.6 Å². The minimum Gasteiger partial charge on any atom is -0.489 e. The average Bonchev–Trinajstić information content (AvgIpc) is 3.01. The molecule has 2 aromatic carbocycles. The lowest BCUT2D eigenvalue weighted by Crippen LogP contribution is -2.35. The molecule has 162 valence electrons. The number of halogens is 1. The smallest absolute Gasteiger partial charge is 0.326 e. The van der Waals surface area contributed by atoms with Crippen molar-refractivity contribution in [3.05, 3.63) is 69.6 Å². The van der Waals surface area contributed by atoms with Gasteiger partial charge in [-0.2, -0.15) is 0 Å². The number of thioether (sulfide) groups is 1. The lowest BCUT2D eigenvalue weighted by molar-refractivity contribution is -0.150. The van der Waals surface area contributed by atoms with E-state index in [0.29, 0.717) is 23.8 Å². The van der Waals surface area contributed by atoms with E-state index in [1.807, 2.05) is 19.1 Å². The first-order valence-electron chi connectivity index (χ1n) is 9.78. The highest BCUT2D eigenvalue weighted by Crippen LogP contribution is 2.32. The molecule has 6 nitrogen and oxygen atoms in total. The summed E-state index contributed by atoms with van der Waals surface area (Å²) in [7, 11) is 0. The van der Waals surface area contributed by atoms with Gasteiger partial charge in [0.15, 0.2) is 0 Å². The molecule has 1 heterocycles. The van der Waals surface area contributed by atoms with Crippen LogP contribution in [0.2, 0.25) is 5.02 Å². The largest absolute Gasteiger partial charge is 0.489 e. The van der Waals surface area contributed by atoms with Crippen LogP contribution in [0.5, 0.6) is 5.75 Å². The molecular formula is C23H22ClNO5S. The van der Waals surface area contributed by atoms with E-state index in [-0.39, 0.29) is 17.6 Å². The monoisotopic (exact) mass is 459 g/mol. The fourth-order valence-electron chi connectivity index (χ4n) is 2.67. The van der Waals surface area contributed by atoms with Gasteiger partial charge >= 0.3 is 5.97 Å². The van der Waals surface area contributed by atoms with Gasteiger partial charge in [0, 0.05) is 5.02 Å². The molecule has 31 heavy (non-hydrogen) atoms. The van der Waals surface area contributed by atoms with Gasteiger partial charge in [0.2, 0.25) is 0 Å². The number of nitrogens with zero attached hydrogens (tertiary/aromatic N) is 1. The van der Waals surface area contributed by atoms with Gasteiger partial charge in [0.05, 0.1) is 11.0 Å². The van der Waals surface area contributed by atoms with E-state index in [9.17, 15) is 14.4 Å². The zero-order valence-electron chi connectivity index (χ0n) is 17.2. The quantitative estimate of drug-likeness (QED) is 0.394. The molecule has 0 unspecified atom stereocenters. The molecular weight excluding hydrogens is 438 g/mol. The summed E-state index contributed by atoms with van der Waals surface area (Å²) in [5, 5.41) is 0.185. The number of esters is 1. The van der Waals surface area contributed by atoms with Crippen molar-refractivity contribution in [2.75, 3.05) is 6.54 Å². The van der Waals surface area contributed by atoms with Gasteiger partial charge in [-0.15, -0.1) is 0 Å². The summed E-state index contributed by atoms with van der Waals surface area (Å²) in [5.41, 5.74) is 1.74. The number of amides is 2. The molecule has 1 aliphatic rings. The maximum absolute atomic E-state index is 12.5. The first-order valence-corrected chi connectivity index (χ1v) is 11.0. The van der Waals surface area contributed by atoms with Crippen molar-refractivity contribution in [1.29, 1.82) is 0 Å². The van der Waals surface area contributed by atoms with Crippen molar-refractivity contribution >= 4 is 46.6 Å². The fourth-order valence-corrected chi connectivity index (χ4v) is 3.63. The van der Waals surface area contributed by atoms with Crippen LogP contribution in [0, 0.1) is 0 Å². The van der Waals surface area contributed by atoms with E-state index in [2.05, 4.69) is 0 Å². The molecule has 0 bridgehead atoms. The van der Waals surface area contributed by atoms with E-state index in [1.54, 1.807) is 49.4 Å². The van der Waals surface area contributed by atoms with Crippen LogP contribution in [0.1, 0.15) is 31.4 Å². The lowest BCUT2D eigenvalue weighted by Gasteiger charge is -2.14. The van der Waals surface area contributed by atoms with E-state index >= 15 is 0 Å². The van der Waals surface area contributed by atoms with Crippen LogP contribution < -0.4 is 4.74 Å². The van der Waals surface area contributed by atoms with Crippen LogP contribution in [-0.4, -0.2) is 34.7 Å². The number of benzene rings is 2. The number of imide groups is 1. The molecule has 2 aromatic rings. The van der Waals surface area contributed by atoms with Crippen LogP contribution in [0.15, 0.2) is 53.4 Å². The third-order valence-electron chi connectivity index (χ3n) is 4.56. The molecule has 0 saturated carbocycles. The highest BCUT2D eigenvalue weighted by molar-refractivity contribution is 8.18. The number of carbonyl (C=O) groups excluding carboxylic acids is 3. The van der Waals surface area contributed by atoms with Crippen molar-refractivity contribution in [2.24, 2.45) is 0 Å². The molecule has 1 aliphatic heterocycles. The molecule has 1 atom stereocenters. The fraction of sp³-hybridized carbons (Fsp3) is 0.261. The molecule has 1 saturated heterocycles. The van der Waals surface area contributed by atoms with Gasteiger partial charge in [-0.3, -0.25) is 19.3 Å². The topological polar surface area (TPSA) is 72.9 Å². The van der Waals surface area contributed by atoms with Gasteiger partial charge in [0.1, 0.15) is 18.9 Å². The Balaban J connectivity index is 1.59. The molecule has 0 aromatic heterocycles. The maximum atomic E-state index is 12.5. The van der Waals surface area contributed by atoms with E-state index in [0.717, 1.165) is 27.8 Å². The Hall–Kier alpha value is -2.77. The molecule has 8 heteroatoms. The Bertz CT molecular complexity index is 988. The zero-order valence-corrected chi connectivity index (χ0v) is 18.7. The maximum Gasteiger partial charge on any atom is 0.326 e. The molecule has 2 amide bonds. The number of carbonyl (C=O) groups is 3. The van der Waals surface area contributed by atoms with Crippen molar-refractivity contribution in [3.8, 4) is 5.75 Å². The van der Waals surface area contributed by atoms with Crippen molar-refractivity contribution < 1.29 is 23.9 Å². The predicted molar refractivity (Wildman–Crippen MR) is 121 cm³/mol. The summed E-state index contributed by atoms with van der Waals surface area (Å²) in [4.78, 5) is 37.8. The van der Waals surface area contributed by atoms with Gasteiger partial charge in [-0.1, -0.05) is 42.8 Å². The van der Waals surface area contributed by atoms with Gasteiger partial charge in [0.25, 0.3) is 11.1 Å². The summed E-state index contributed by atoms with van der Waals surface area (Å²) in [6.07, 6.45) is 2.02. The van der Waals surface area contributed by atoms with Crippen molar-refractivity contribution in [3.63, 3.8) is 0 Å². The summed E-state index contributed by atoms with van der Waals surface area (Å²) in [6.45, 7) is 3.66. The van der Waals surface area contributed by atoms with E-state index in [4.69, 9.17) is 21.1 Å². The second kappa shape index (κ2) is 10.5. The zero-order chi connectivity index (χ0) is 22.4. The number of hydrogen-bond donors (Lipinski definition) is 0. The summed E-state index contributed by atoms with van der Waals surface area (Å²) < 4.78 is 10.9. The third-order valence-corrected chi connectivity index (χ3v) is 5.72. The number of hydrogen-bond acceptors (Lipinski definition) is 6. The Morgan fingerprint density at radius 2 is 1.81 bits per heavy atom. The third kappa shape index (κ3) is 6.35. The Morgan fingerprint density at radius 3 is 2.45 bits per heavy atom. The molecule has 0 radical (unpaired) electrons. The normalized spacial score (nSPS) is 16.0. The van der Waals surface area contributed by atoms with E-state index in [1.165, 1.54) is 0 Å². The molecule has 3 rings (SSSR count). The lowest BCUT2D eigenvalue weighted by atomic mass is 10.2. The molecule has 0 spiro atoms. The Morgan fingerprint density at radius 1 is 1.13 bits per heavy atom. The highest BCUT2D eigenvalue weighted by Gasteiger charge is 2.36. The number of ether oxygens (including phenoxy) is 2. The first-order chi connectivity index (χ1) is 14.9. The first kappa shape index (κ1) is 22.9. The van der Waals surface area contributed by atoms with Crippen LogP contribution in [-0.2, 0) is 20.9 Å². The van der Waals surface area contributed by atoms with Crippen LogP contribution >= 0.6 is 23.4 Å². The number of rotatable bonds is 8. The van der Waals surface area contributed by atoms with Crippen LogP contribution in [0.4, 0.5) is 4.79 Å². The Kier molecular flexibility index (Phi) is 7.76. The minimum atomic E-state index is -0.597. The van der Waals surface area contributed by atoms with Crippen LogP contribution in [0.25, 0.3) is 6.08 Å². The standard InChI is InChI=1S/C23H22ClNO5S/c1-3-15(2)30-21(26)13-25-22(27)20(31-23(25)28)12-16-6-10-19(11-7-16)29-14-17-4-8-18(24)9-5-17/h4-12,15H,3,13-14H2,1-2H3/b20-12+/t15-/m1/s1. The second-order valence-electron chi connectivity index (χ2n) is 6.96. The van der Waals surface area contributed by atoms with Gasteiger partial charge < -0.3 is 9.47 Å². The molecule has 0 aliphatic carbocycles. The Labute approximate surface area is 190 Å². The van der Waals surface area contributed by atoms with Crippen molar-refractivity contribution in [1.82, 2.24) is 4.90 Å². The van der Waals surface area contributed by atoms with Crippen LogP contribution in [0.3, 0.4) is 0 Å². The van der Waals surface area contributed by atoms with E-state index < -0.39 is 17.1 Å². The highest BCUT2D eigenvalue weighted by atomic mass is 35.5.